The van der Waals surface area contributed by atoms with Crippen molar-refractivity contribution in [1.29, 1.82) is 0 Å². The van der Waals surface area contributed by atoms with Crippen molar-refractivity contribution in [2.45, 2.75) is 26.8 Å². The molecule has 0 saturated heterocycles. The Labute approximate surface area is 203 Å². The van der Waals surface area contributed by atoms with Crippen molar-refractivity contribution >= 4 is 40.7 Å². The van der Waals surface area contributed by atoms with Crippen LogP contribution < -0.4 is 24.4 Å². The second kappa shape index (κ2) is 9.78. The Morgan fingerprint density at radius 1 is 1.24 bits per heavy atom. The standard InChI is InChI=1S/C24H22N2O6S2/c1-5-31-23(29)20-13(2)25-24-26(22(28)19(34-24)12-16-7-6-10-33-16)21(20)15-8-9-17(32-14(3)27)18(11-15)30-4/h6-12,21H,5H2,1-4H3/b19-12-/t21-/m0/s1. The lowest BCUT2D eigenvalue weighted by Crippen LogP contribution is -2.39. The molecule has 0 spiro atoms. The highest BCUT2D eigenvalue weighted by atomic mass is 32.1. The number of carbonyl (C=O) groups excluding carboxylic acids is 2. The maximum Gasteiger partial charge on any atom is 0.338 e. The molecule has 0 unspecified atom stereocenters. The van der Waals surface area contributed by atoms with E-state index in [1.54, 1.807) is 32.0 Å². The van der Waals surface area contributed by atoms with Gasteiger partial charge in [0.2, 0.25) is 0 Å². The molecule has 1 aliphatic heterocycles. The van der Waals surface area contributed by atoms with Crippen LogP contribution in [-0.2, 0) is 14.3 Å². The minimum Gasteiger partial charge on any atom is -0.493 e. The number of allylic oxidation sites excluding steroid dienone is 1. The molecule has 3 heterocycles. The third-order valence-electron chi connectivity index (χ3n) is 5.09. The van der Waals surface area contributed by atoms with Gasteiger partial charge in [-0.15, -0.1) is 11.3 Å². The van der Waals surface area contributed by atoms with Gasteiger partial charge in [0.1, 0.15) is 0 Å². The zero-order valence-electron chi connectivity index (χ0n) is 19.0. The molecule has 176 valence electrons. The van der Waals surface area contributed by atoms with Gasteiger partial charge in [0.15, 0.2) is 16.3 Å². The van der Waals surface area contributed by atoms with Gasteiger partial charge in [-0.05, 0) is 49.1 Å². The summed E-state index contributed by atoms with van der Waals surface area (Å²) in [5.41, 5.74) is 1.06. The van der Waals surface area contributed by atoms with Gasteiger partial charge in [-0.2, -0.15) is 0 Å². The summed E-state index contributed by atoms with van der Waals surface area (Å²) in [5, 5.41) is 1.94. The van der Waals surface area contributed by atoms with Crippen LogP contribution >= 0.6 is 22.7 Å². The normalized spacial score (nSPS) is 15.5. The summed E-state index contributed by atoms with van der Waals surface area (Å²) in [6.07, 6.45) is 1.82. The second-order valence-corrected chi connectivity index (χ2v) is 9.31. The molecule has 0 aliphatic carbocycles. The first kappa shape index (κ1) is 23.7. The van der Waals surface area contributed by atoms with Gasteiger partial charge < -0.3 is 14.2 Å². The maximum absolute atomic E-state index is 13.5. The lowest BCUT2D eigenvalue weighted by Gasteiger charge is -2.25. The second-order valence-electron chi connectivity index (χ2n) is 7.32. The van der Waals surface area contributed by atoms with Crippen LogP contribution in [0.4, 0.5) is 0 Å². The van der Waals surface area contributed by atoms with E-state index in [4.69, 9.17) is 14.2 Å². The van der Waals surface area contributed by atoms with Crippen LogP contribution in [0, 0.1) is 0 Å². The van der Waals surface area contributed by atoms with Crippen molar-refractivity contribution < 1.29 is 23.8 Å². The van der Waals surface area contributed by atoms with Gasteiger partial charge in [0.05, 0.1) is 35.6 Å². The molecule has 4 rings (SSSR count). The monoisotopic (exact) mass is 498 g/mol. The third-order valence-corrected chi connectivity index (χ3v) is 6.89. The molecule has 0 saturated carbocycles. The van der Waals surface area contributed by atoms with Gasteiger partial charge in [-0.3, -0.25) is 14.2 Å². The molecule has 0 fully saturated rings. The van der Waals surface area contributed by atoms with Gasteiger partial charge in [-0.1, -0.05) is 23.5 Å². The average Bonchev–Trinajstić information content (AvgIpc) is 3.41. The fourth-order valence-electron chi connectivity index (χ4n) is 3.70. The lowest BCUT2D eigenvalue weighted by molar-refractivity contribution is -0.139. The Morgan fingerprint density at radius 3 is 2.68 bits per heavy atom. The van der Waals surface area contributed by atoms with Crippen LogP contribution in [0.2, 0.25) is 0 Å². The highest BCUT2D eigenvalue weighted by Gasteiger charge is 2.34. The predicted octanol–water partition coefficient (Wildman–Crippen LogP) is 2.79. The number of fused-ring (bicyclic) bond motifs is 1. The fourth-order valence-corrected chi connectivity index (χ4v) is 5.47. The molecule has 34 heavy (non-hydrogen) atoms. The molecule has 3 aromatic rings. The highest BCUT2D eigenvalue weighted by Crippen LogP contribution is 2.36. The van der Waals surface area contributed by atoms with Gasteiger partial charge in [0.25, 0.3) is 5.56 Å². The number of carbonyl (C=O) groups is 2. The van der Waals surface area contributed by atoms with Crippen LogP contribution in [-0.4, -0.2) is 30.2 Å². The van der Waals surface area contributed by atoms with E-state index in [1.807, 2.05) is 23.6 Å². The predicted molar refractivity (Wildman–Crippen MR) is 129 cm³/mol. The van der Waals surface area contributed by atoms with Crippen LogP contribution in [0.1, 0.15) is 37.3 Å². The molecule has 0 radical (unpaired) electrons. The van der Waals surface area contributed by atoms with E-state index >= 15 is 0 Å². The van der Waals surface area contributed by atoms with Crippen molar-refractivity contribution in [2.24, 2.45) is 4.99 Å². The molecular formula is C24H22N2O6S2. The molecule has 8 nitrogen and oxygen atoms in total. The Morgan fingerprint density at radius 2 is 2.03 bits per heavy atom. The largest absolute Gasteiger partial charge is 0.493 e. The molecule has 1 aliphatic rings. The van der Waals surface area contributed by atoms with Gasteiger partial charge in [-0.25, -0.2) is 9.79 Å². The number of ether oxygens (including phenoxy) is 3. The number of nitrogens with zero attached hydrogens (tertiary/aromatic N) is 2. The SMILES string of the molecule is CCOC(=O)C1=C(C)N=c2s/c(=C\c3cccs3)c(=O)n2[C@H]1c1ccc(OC(C)=O)c(OC)c1. The first-order chi connectivity index (χ1) is 16.3. The van der Waals surface area contributed by atoms with E-state index in [9.17, 15) is 14.4 Å². The van der Waals surface area contributed by atoms with E-state index in [-0.39, 0.29) is 23.5 Å². The number of thiophene rings is 1. The zero-order valence-corrected chi connectivity index (χ0v) is 20.6. The van der Waals surface area contributed by atoms with Crippen molar-refractivity contribution in [3.05, 3.63) is 77.1 Å². The average molecular weight is 499 g/mol. The van der Waals surface area contributed by atoms with Crippen LogP contribution in [0.15, 0.2) is 56.8 Å². The Hall–Kier alpha value is -3.50. The topological polar surface area (TPSA) is 96.2 Å². The van der Waals surface area contributed by atoms with E-state index < -0.39 is 18.0 Å². The number of thiazole rings is 1. The lowest BCUT2D eigenvalue weighted by atomic mass is 9.95. The minimum absolute atomic E-state index is 0.180. The van der Waals surface area contributed by atoms with Crippen molar-refractivity contribution in [2.75, 3.05) is 13.7 Å². The Kier molecular flexibility index (Phi) is 6.80. The van der Waals surface area contributed by atoms with E-state index in [0.29, 0.717) is 26.3 Å². The van der Waals surface area contributed by atoms with Crippen LogP contribution in [0.25, 0.3) is 6.08 Å². The number of benzene rings is 1. The molecule has 10 heteroatoms. The number of hydrogen-bond donors (Lipinski definition) is 0. The zero-order chi connectivity index (χ0) is 24.4. The molecule has 2 aromatic heterocycles. The van der Waals surface area contributed by atoms with Crippen molar-refractivity contribution in [3.8, 4) is 11.5 Å². The van der Waals surface area contributed by atoms with Crippen molar-refractivity contribution in [3.63, 3.8) is 0 Å². The van der Waals surface area contributed by atoms with Crippen molar-refractivity contribution in [1.82, 2.24) is 4.57 Å². The molecule has 0 N–H and O–H groups in total. The van der Waals surface area contributed by atoms with E-state index in [1.165, 1.54) is 41.3 Å². The number of rotatable bonds is 6. The number of methoxy groups -OCH3 is 1. The summed E-state index contributed by atoms with van der Waals surface area (Å²) >= 11 is 2.78. The first-order valence-electron chi connectivity index (χ1n) is 10.4. The number of hydrogen-bond acceptors (Lipinski definition) is 9. The van der Waals surface area contributed by atoms with Gasteiger partial charge in [0, 0.05) is 11.8 Å². The van der Waals surface area contributed by atoms with Crippen LogP contribution in [0.3, 0.4) is 0 Å². The molecule has 0 amide bonds. The van der Waals surface area contributed by atoms with Crippen LogP contribution in [0.5, 0.6) is 11.5 Å². The molecule has 1 atom stereocenters. The maximum atomic E-state index is 13.5. The summed E-state index contributed by atoms with van der Waals surface area (Å²) in [5.74, 6) is -0.506. The summed E-state index contributed by atoms with van der Waals surface area (Å²) in [6.45, 7) is 4.92. The number of esters is 2. The molecule has 0 bridgehead atoms. The van der Waals surface area contributed by atoms with Gasteiger partial charge >= 0.3 is 11.9 Å². The summed E-state index contributed by atoms with van der Waals surface area (Å²) in [6, 6.07) is 7.97. The highest BCUT2D eigenvalue weighted by molar-refractivity contribution is 7.11. The smallest absolute Gasteiger partial charge is 0.338 e. The Bertz CT molecular complexity index is 1460. The fraction of sp³-hybridized carbons (Fsp3) is 0.250. The molecule has 1 aromatic carbocycles. The third kappa shape index (κ3) is 4.46. The first-order valence-corrected chi connectivity index (χ1v) is 12.1. The summed E-state index contributed by atoms with van der Waals surface area (Å²) in [4.78, 5) is 44.0. The Balaban J connectivity index is 1.95. The summed E-state index contributed by atoms with van der Waals surface area (Å²) < 4.78 is 17.9. The molecular weight excluding hydrogens is 476 g/mol. The number of aromatic nitrogens is 1. The van der Waals surface area contributed by atoms with E-state index in [0.717, 1.165) is 4.88 Å². The minimum atomic E-state index is -0.791. The summed E-state index contributed by atoms with van der Waals surface area (Å²) in [7, 11) is 1.45. The van der Waals surface area contributed by atoms with E-state index in [2.05, 4.69) is 4.99 Å². The quantitative estimate of drug-likeness (QED) is 0.383.